The number of piperidine rings is 1. The molecule has 9 heteroatoms. The Bertz CT molecular complexity index is 966. The number of sulfonamides is 1. The number of rotatable bonds is 6. The van der Waals surface area contributed by atoms with E-state index in [1.54, 1.807) is 25.2 Å². The number of aryl methyl sites for hydroxylation is 1. The Hall–Kier alpha value is -2.03. The molecule has 28 heavy (non-hydrogen) atoms. The first-order chi connectivity index (χ1) is 13.3. The quantitative estimate of drug-likeness (QED) is 0.767. The van der Waals surface area contributed by atoms with E-state index >= 15 is 0 Å². The number of nitrogens with zero attached hydrogens (tertiary/aromatic N) is 2. The van der Waals surface area contributed by atoms with Gasteiger partial charge in [0.05, 0.1) is 17.3 Å². The Labute approximate surface area is 170 Å². The second kappa shape index (κ2) is 8.55. The Morgan fingerprint density at radius 2 is 1.96 bits per heavy atom. The summed E-state index contributed by atoms with van der Waals surface area (Å²) in [7, 11) is -1.96. The lowest BCUT2D eigenvalue weighted by Crippen LogP contribution is -2.35. The zero-order valence-corrected chi connectivity index (χ0v) is 17.5. The fourth-order valence-corrected chi connectivity index (χ4v) is 5.06. The van der Waals surface area contributed by atoms with Gasteiger partial charge in [0.15, 0.2) is 5.75 Å². The van der Waals surface area contributed by atoms with Gasteiger partial charge in [0.2, 0.25) is 10.0 Å². The van der Waals surface area contributed by atoms with E-state index in [0.29, 0.717) is 36.2 Å². The smallest absolute Gasteiger partial charge is 0.272 e. The third kappa shape index (κ3) is 4.19. The lowest BCUT2D eigenvalue weighted by atomic mass is 10.2. The molecule has 0 atom stereocenters. The number of carbonyl (C=O) groups is 1. The van der Waals surface area contributed by atoms with Gasteiger partial charge in [-0.3, -0.25) is 4.79 Å². The molecule has 1 amide bonds. The van der Waals surface area contributed by atoms with Crippen LogP contribution in [0, 0.1) is 0 Å². The summed E-state index contributed by atoms with van der Waals surface area (Å²) in [5.74, 6) is -0.0544. The molecule has 0 radical (unpaired) electrons. The van der Waals surface area contributed by atoms with E-state index < -0.39 is 15.9 Å². The minimum Gasteiger partial charge on any atom is -0.490 e. The van der Waals surface area contributed by atoms with Gasteiger partial charge in [-0.1, -0.05) is 24.1 Å². The van der Waals surface area contributed by atoms with Crippen LogP contribution >= 0.6 is 11.6 Å². The van der Waals surface area contributed by atoms with E-state index in [1.165, 1.54) is 21.1 Å². The number of ether oxygens (including phenoxy) is 1. The first-order valence-electron chi connectivity index (χ1n) is 9.23. The van der Waals surface area contributed by atoms with Gasteiger partial charge in [-0.2, -0.15) is 4.31 Å². The maximum atomic E-state index is 12.9. The van der Waals surface area contributed by atoms with Crippen LogP contribution in [0.25, 0.3) is 0 Å². The zero-order valence-electron chi connectivity index (χ0n) is 15.9. The van der Waals surface area contributed by atoms with Gasteiger partial charge >= 0.3 is 0 Å². The first-order valence-corrected chi connectivity index (χ1v) is 11.1. The number of halogens is 1. The molecular weight excluding hydrogens is 402 g/mol. The van der Waals surface area contributed by atoms with E-state index in [4.69, 9.17) is 16.3 Å². The number of benzene rings is 1. The first kappa shape index (κ1) is 20.7. The summed E-state index contributed by atoms with van der Waals surface area (Å²) in [5.41, 5.74) is 0.666. The van der Waals surface area contributed by atoms with E-state index in [2.05, 4.69) is 5.32 Å². The maximum Gasteiger partial charge on any atom is 0.272 e. The fourth-order valence-electron chi connectivity index (χ4n) is 3.24. The maximum absolute atomic E-state index is 12.9. The molecule has 7 nitrogen and oxygen atoms in total. The van der Waals surface area contributed by atoms with Gasteiger partial charge in [-0.15, -0.1) is 0 Å². The van der Waals surface area contributed by atoms with Crippen molar-refractivity contribution in [1.82, 2.24) is 8.87 Å². The lowest BCUT2D eigenvalue weighted by molar-refractivity contribution is 0.101. The number of anilines is 1. The Morgan fingerprint density at radius 3 is 2.64 bits per heavy atom. The molecular formula is C19H24ClN3O4S. The molecule has 1 aromatic heterocycles. The summed E-state index contributed by atoms with van der Waals surface area (Å²) in [4.78, 5) is 12.9. The summed E-state index contributed by atoms with van der Waals surface area (Å²) < 4.78 is 34.2. The van der Waals surface area contributed by atoms with Crippen LogP contribution < -0.4 is 10.1 Å². The molecule has 1 aromatic carbocycles. The van der Waals surface area contributed by atoms with Gasteiger partial charge in [-0.05, 0) is 38.0 Å². The van der Waals surface area contributed by atoms with Gasteiger partial charge < -0.3 is 14.6 Å². The number of aromatic nitrogens is 1. The summed E-state index contributed by atoms with van der Waals surface area (Å²) in [6.45, 7) is 3.25. The third-order valence-corrected chi connectivity index (χ3v) is 6.83. The van der Waals surface area contributed by atoms with Crippen molar-refractivity contribution < 1.29 is 17.9 Å². The van der Waals surface area contributed by atoms with E-state index in [1.807, 2.05) is 6.92 Å². The molecule has 0 spiro atoms. The molecule has 1 aliphatic rings. The molecule has 3 rings (SSSR count). The highest BCUT2D eigenvalue weighted by Crippen LogP contribution is 2.33. The normalized spacial score (nSPS) is 15.4. The van der Waals surface area contributed by atoms with Crippen LogP contribution in [0.4, 0.5) is 5.69 Å². The van der Waals surface area contributed by atoms with Crippen LogP contribution in [0.15, 0.2) is 35.4 Å². The molecule has 2 heterocycles. The largest absolute Gasteiger partial charge is 0.490 e. The van der Waals surface area contributed by atoms with Crippen molar-refractivity contribution in [3.05, 3.63) is 41.2 Å². The minimum absolute atomic E-state index is 0.123. The van der Waals surface area contributed by atoms with Crippen molar-refractivity contribution in [2.24, 2.45) is 7.05 Å². The van der Waals surface area contributed by atoms with Crippen molar-refractivity contribution >= 4 is 33.2 Å². The van der Waals surface area contributed by atoms with Crippen LogP contribution in [0.2, 0.25) is 5.02 Å². The third-order valence-electron chi connectivity index (χ3n) is 4.67. The van der Waals surface area contributed by atoms with Crippen LogP contribution in [-0.4, -0.2) is 42.9 Å². The molecule has 1 aliphatic heterocycles. The molecule has 1 fully saturated rings. The van der Waals surface area contributed by atoms with Crippen molar-refractivity contribution in [2.75, 3.05) is 25.0 Å². The summed E-state index contributed by atoms with van der Waals surface area (Å²) >= 11 is 6.15. The molecule has 0 bridgehead atoms. The van der Waals surface area contributed by atoms with E-state index in [-0.39, 0.29) is 10.6 Å². The second-order valence-corrected chi connectivity index (χ2v) is 8.99. The highest BCUT2D eigenvalue weighted by molar-refractivity contribution is 7.89. The van der Waals surface area contributed by atoms with Crippen molar-refractivity contribution in [2.45, 2.75) is 31.1 Å². The molecule has 0 unspecified atom stereocenters. The number of amides is 1. The highest BCUT2D eigenvalue weighted by atomic mass is 35.5. The molecule has 1 N–H and O–H groups in total. The topological polar surface area (TPSA) is 80.6 Å². The van der Waals surface area contributed by atoms with Crippen LogP contribution in [0.3, 0.4) is 0 Å². The van der Waals surface area contributed by atoms with Crippen molar-refractivity contribution in [3.63, 3.8) is 0 Å². The van der Waals surface area contributed by atoms with Crippen LogP contribution in [0.5, 0.6) is 5.75 Å². The molecule has 0 aliphatic carbocycles. The highest BCUT2D eigenvalue weighted by Gasteiger charge is 2.28. The Kier molecular flexibility index (Phi) is 6.32. The number of para-hydroxylation sites is 1. The summed E-state index contributed by atoms with van der Waals surface area (Å²) in [6.07, 6.45) is 4.22. The predicted molar refractivity (Wildman–Crippen MR) is 109 cm³/mol. The number of hydrogen-bond acceptors (Lipinski definition) is 4. The fraction of sp³-hybridized carbons (Fsp3) is 0.421. The van der Waals surface area contributed by atoms with E-state index in [9.17, 15) is 13.2 Å². The van der Waals surface area contributed by atoms with Gasteiger partial charge in [0, 0.05) is 26.3 Å². The molecule has 0 saturated carbocycles. The lowest BCUT2D eigenvalue weighted by Gasteiger charge is -2.25. The van der Waals surface area contributed by atoms with E-state index in [0.717, 1.165) is 19.3 Å². The Balaban J connectivity index is 1.85. The summed E-state index contributed by atoms with van der Waals surface area (Å²) in [5, 5.41) is 3.15. The molecule has 1 saturated heterocycles. The number of nitrogens with one attached hydrogen (secondary N) is 1. The SMILES string of the molecule is CCOc1c(Cl)cccc1NC(=O)c1cc(S(=O)(=O)N2CCCCC2)cn1C. The average Bonchev–Trinajstić information content (AvgIpc) is 3.08. The molecule has 2 aromatic rings. The monoisotopic (exact) mass is 425 g/mol. The molecule has 152 valence electrons. The van der Waals surface area contributed by atoms with Crippen molar-refractivity contribution in [3.8, 4) is 5.75 Å². The number of hydrogen-bond donors (Lipinski definition) is 1. The zero-order chi connectivity index (χ0) is 20.3. The van der Waals surface area contributed by atoms with Gasteiger partial charge in [0.25, 0.3) is 5.91 Å². The van der Waals surface area contributed by atoms with Crippen LogP contribution in [0.1, 0.15) is 36.7 Å². The standard InChI is InChI=1S/C19H24ClN3O4S/c1-3-27-18-15(20)8-7-9-16(18)21-19(24)17-12-14(13-22(17)2)28(25,26)23-10-5-4-6-11-23/h7-9,12-13H,3-6,10-11H2,1-2H3,(H,21,24). The van der Waals surface area contributed by atoms with Crippen molar-refractivity contribution in [1.29, 1.82) is 0 Å². The summed E-state index contributed by atoms with van der Waals surface area (Å²) in [6, 6.07) is 6.47. The van der Waals surface area contributed by atoms with Gasteiger partial charge in [-0.25, -0.2) is 8.42 Å². The van der Waals surface area contributed by atoms with Crippen LogP contribution in [-0.2, 0) is 17.1 Å². The average molecular weight is 426 g/mol. The Morgan fingerprint density at radius 1 is 1.25 bits per heavy atom. The van der Waals surface area contributed by atoms with Gasteiger partial charge in [0.1, 0.15) is 10.6 Å². The second-order valence-electron chi connectivity index (χ2n) is 6.64. The predicted octanol–water partition coefficient (Wildman–Crippen LogP) is 3.50. The number of carbonyl (C=O) groups excluding carboxylic acids is 1. The minimum atomic E-state index is -3.61.